The number of Topliss-reactive ketones (excluding diaryl/α,β-unsaturated/α-hetero) is 1. The van der Waals surface area contributed by atoms with E-state index in [1.54, 1.807) is 30.3 Å². The minimum Gasteiger partial charge on any atom is -0.299 e. The third-order valence-electron chi connectivity index (χ3n) is 3.97. The van der Waals surface area contributed by atoms with Gasteiger partial charge in [-0.15, -0.1) is 0 Å². The van der Waals surface area contributed by atoms with Crippen molar-refractivity contribution in [3.63, 3.8) is 0 Å². The summed E-state index contributed by atoms with van der Waals surface area (Å²) in [5.74, 6) is -1.49. The van der Waals surface area contributed by atoms with Gasteiger partial charge < -0.3 is 0 Å². The monoisotopic (exact) mass is 454 g/mol. The van der Waals surface area contributed by atoms with Crippen LogP contribution in [0.3, 0.4) is 0 Å². The lowest BCUT2D eigenvalue weighted by molar-refractivity contribution is -0.117. The van der Waals surface area contributed by atoms with Crippen molar-refractivity contribution in [3.8, 4) is 0 Å². The quantitative estimate of drug-likeness (QED) is 0.570. The molecule has 3 aromatic rings. The molecule has 150 valence electrons. The smallest absolute Gasteiger partial charge is 0.299 e. The van der Waals surface area contributed by atoms with Crippen LogP contribution in [0.15, 0.2) is 64.4 Å². The maximum absolute atomic E-state index is 14.5. The van der Waals surface area contributed by atoms with Gasteiger partial charge in [0.25, 0.3) is 10.0 Å². The molecule has 6 nitrogen and oxygen atoms in total. The van der Waals surface area contributed by atoms with Gasteiger partial charge in [0.15, 0.2) is 5.82 Å². The largest absolute Gasteiger partial charge is 0.362 e. The summed E-state index contributed by atoms with van der Waals surface area (Å²) >= 11 is 11.8. The number of hydrogen-bond acceptors (Lipinski definition) is 5. The highest BCUT2D eigenvalue weighted by Crippen LogP contribution is 2.30. The summed E-state index contributed by atoms with van der Waals surface area (Å²) in [4.78, 5) is 27.4. The summed E-state index contributed by atoms with van der Waals surface area (Å²) in [6.07, 6.45) is 0.0394. The van der Waals surface area contributed by atoms with Crippen LogP contribution >= 0.6 is 23.2 Å². The van der Waals surface area contributed by atoms with Gasteiger partial charge in [0.1, 0.15) is 10.7 Å². The summed E-state index contributed by atoms with van der Waals surface area (Å²) in [5, 5.41) is -0.459. The van der Waals surface area contributed by atoms with Gasteiger partial charge in [-0.3, -0.25) is 4.79 Å². The van der Waals surface area contributed by atoms with Gasteiger partial charge in [-0.05, 0) is 17.7 Å². The fraction of sp³-hybridized carbons (Fsp3) is 0.105. The number of rotatable bonds is 6. The van der Waals surface area contributed by atoms with Gasteiger partial charge in [-0.1, -0.05) is 59.6 Å². The molecule has 0 amide bonds. The minimum atomic E-state index is -4.59. The Hall–Kier alpha value is -2.55. The lowest BCUT2D eigenvalue weighted by Gasteiger charge is -2.11. The van der Waals surface area contributed by atoms with E-state index in [0.29, 0.717) is 6.20 Å². The molecule has 0 unspecified atom stereocenters. The van der Waals surface area contributed by atoms with Crippen molar-refractivity contribution in [2.45, 2.75) is 17.7 Å². The number of carbonyl (C=O) groups excluding carboxylic acids is 1. The van der Waals surface area contributed by atoms with Gasteiger partial charge in [-0.2, -0.15) is 8.96 Å². The third kappa shape index (κ3) is 4.55. The first-order valence-corrected chi connectivity index (χ1v) is 10.4. The van der Waals surface area contributed by atoms with Crippen molar-refractivity contribution in [2.75, 3.05) is 0 Å². The normalized spacial score (nSPS) is 11.4. The van der Waals surface area contributed by atoms with E-state index in [4.69, 9.17) is 23.2 Å². The second kappa shape index (κ2) is 8.44. The Labute approximate surface area is 175 Å². The third-order valence-corrected chi connectivity index (χ3v) is 6.56. The molecule has 0 aliphatic heterocycles. The van der Waals surface area contributed by atoms with E-state index in [2.05, 4.69) is 4.98 Å². The van der Waals surface area contributed by atoms with E-state index in [9.17, 15) is 22.4 Å². The zero-order valence-corrected chi connectivity index (χ0v) is 17.0. The van der Waals surface area contributed by atoms with Crippen molar-refractivity contribution >= 4 is 39.0 Å². The molecule has 0 radical (unpaired) electrons. The molecule has 0 N–H and O–H groups in total. The summed E-state index contributed by atoms with van der Waals surface area (Å²) in [7, 11) is -4.59. The molecule has 0 saturated carbocycles. The number of halogens is 3. The van der Waals surface area contributed by atoms with Crippen molar-refractivity contribution in [2.24, 2.45) is 0 Å². The van der Waals surface area contributed by atoms with Gasteiger partial charge in [0, 0.05) is 6.42 Å². The van der Waals surface area contributed by atoms with Crippen molar-refractivity contribution in [1.82, 2.24) is 8.96 Å². The molecule has 29 heavy (non-hydrogen) atoms. The molecule has 0 saturated heterocycles. The molecule has 1 heterocycles. The fourth-order valence-corrected chi connectivity index (χ4v) is 4.93. The van der Waals surface area contributed by atoms with Gasteiger partial charge >= 0.3 is 5.69 Å². The molecular formula is C19H13Cl2FN2O4S. The fourth-order valence-electron chi connectivity index (χ4n) is 2.65. The zero-order valence-electron chi connectivity index (χ0n) is 14.7. The predicted molar refractivity (Wildman–Crippen MR) is 106 cm³/mol. The lowest BCUT2D eigenvalue weighted by Crippen LogP contribution is -2.31. The maximum atomic E-state index is 14.5. The second-order valence-electron chi connectivity index (χ2n) is 6.05. The Bertz CT molecular complexity index is 1220. The van der Waals surface area contributed by atoms with Crippen LogP contribution in [0.5, 0.6) is 0 Å². The average molecular weight is 455 g/mol. The summed E-state index contributed by atoms with van der Waals surface area (Å²) in [6.45, 7) is 0. The van der Waals surface area contributed by atoms with Crippen molar-refractivity contribution < 1.29 is 17.6 Å². The Kier molecular flexibility index (Phi) is 6.16. The van der Waals surface area contributed by atoms with Crippen LogP contribution < -0.4 is 5.69 Å². The van der Waals surface area contributed by atoms with Crippen LogP contribution in [-0.4, -0.2) is 23.2 Å². The Morgan fingerprint density at radius 3 is 2.24 bits per heavy atom. The van der Waals surface area contributed by atoms with Crippen LogP contribution in [0, 0.1) is 5.82 Å². The first-order valence-electron chi connectivity index (χ1n) is 8.23. The van der Waals surface area contributed by atoms with Crippen LogP contribution in [0.25, 0.3) is 0 Å². The first-order chi connectivity index (χ1) is 13.7. The SMILES string of the molecule is O=C(Cc1ccccc1)Cc1nc(=O)n(S(=O)(=O)c2c(Cl)cccc2Cl)cc1F. The van der Waals surface area contributed by atoms with Crippen molar-refractivity contribution in [3.05, 3.63) is 92.3 Å². The summed E-state index contributed by atoms with van der Waals surface area (Å²) in [5.41, 5.74) is -0.986. The number of aromatic nitrogens is 2. The Morgan fingerprint density at radius 2 is 1.62 bits per heavy atom. The van der Waals surface area contributed by atoms with E-state index >= 15 is 0 Å². The van der Waals surface area contributed by atoms with E-state index in [0.717, 1.165) is 5.56 Å². The summed E-state index contributed by atoms with van der Waals surface area (Å²) in [6, 6.07) is 12.7. The standard InChI is InChI=1S/C19H13Cl2FN2O4S/c20-14-7-4-8-15(21)18(14)29(27,28)24-11-16(22)17(23-19(24)26)10-13(25)9-12-5-2-1-3-6-12/h1-8,11H,9-10H2. The van der Waals surface area contributed by atoms with E-state index in [1.165, 1.54) is 18.2 Å². The number of ketones is 1. The highest BCUT2D eigenvalue weighted by atomic mass is 35.5. The minimum absolute atomic E-state index is 0.0264. The van der Waals surface area contributed by atoms with Crippen LogP contribution in [0.2, 0.25) is 10.0 Å². The Balaban J connectivity index is 1.94. The first kappa shape index (κ1) is 21.2. The molecule has 10 heteroatoms. The number of nitrogens with zero attached hydrogens (tertiary/aromatic N) is 2. The maximum Gasteiger partial charge on any atom is 0.362 e. The highest BCUT2D eigenvalue weighted by molar-refractivity contribution is 7.90. The zero-order chi connectivity index (χ0) is 21.2. The van der Waals surface area contributed by atoms with Gasteiger partial charge in [-0.25, -0.2) is 17.6 Å². The van der Waals surface area contributed by atoms with E-state index < -0.39 is 38.5 Å². The van der Waals surface area contributed by atoms with E-state index in [1.807, 2.05) is 0 Å². The van der Waals surface area contributed by atoms with Crippen LogP contribution in [0.4, 0.5) is 4.39 Å². The predicted octanol–water partition coefficient (Wildman–Crippen LogP) is 3.28. The molecule has 3 rings (SSSR count). The van der Waals surface area contributed by atoms with Gasteiger partial charge in [0.2, 0.25) is 0 Å². The van der Waals surface area contributed by atoms with Crippen LogP contribution in [-0.2, 0) is 27.7 Å². The number of carbonyl (C=O) groups is 1. The molecule has 0 bridgehead atoms. The molecular weight excluding hydrogens is 442 g/mol. The molecule has 2 aromatic carbocycles. The van der Waals surface area contributed by atoms with E-state index in [-0.39, 0.29) is 26.2 Å². The number of hydrogen-bond donors (Lipinski definition) is 0. The molecule has 1 aromatic heterocycles. The molecule has 0 spiro atoms. The highest BCUT2D eigenvalue weighted by Gasteiger charge is 2.27. The molecule has 0 atom stereocenters. The second-order valence-corrected chi connectivity index (χ2v) is 8.61. The lowest BCUT2D eigenvalue weighted by atomic mass is 10.1. The molecule has 0 fully saturated rings. The van der Waals surface area contributed by atoms with Crippen molar-refractivity contribution in [1.29, 1.82) is 0 Å². The summed E-state index contributed by atoms with van der Waals surface area (Å²) < 4.78 is 40.1. The molecule has 0 aliphatic rings. The van der Waals surface area contributed by atoms with Crippen LogP contribution in [0.1, 0.15) is 11.3 Å². The Morgan fingerprint density at radius 1 is 1.00 bits per heavy atom. The molecule has 0 aliphatic carbocycles. The number of benzene rings is 2. The topological polar surface area (TPSA) is 86.1 Å². The average Bonchev–Trinajstić information content (AvgIpc) is 2.64. The van der Waals surface area contributed by atoms with Gasteiger partial charge in [0.05, 0.1) is 28.4 Å².